The van der Waals surface area contributed by atoms with Crippen LogP contribution in [0.1, 0.15) is 12.0 Å². The van der Waals surface area contributed by atoms with Crippen molar-refractivity contribution in [3.8, 4) is 0 Å². The summed E-state index contributed by atoms with van der Waals surface area (Å²) < 4.78 is 5.01. The number of nitrogen functional groups attached to an aromatic ring is 1. The second kappa shape index (κ2) is 7.07. The minimum Gasteiger partial charge on any atom is -0.396 e. The molecule has 2 N–H and O–H groups in total. The number of hydrogen-bond acceptors (Lipinski definition) is 3. The van der Waals surface area contributed by atoms with Gasteiger partial charge in [-0.2, -0.15) is 0 Å². The molecule has 0 unspecified atom stereocenters. The van der Waals surface area contributed by atoms with Crippen LogP contribution in [0.5, 0.6) is 0 Å². The Bertz CT molecular complexity index is 349. The van der Waals surface area contributed by atoms with Crippen molar-refractivity contribution in [3.63, 3.8) is 0 Å². The first-order valence-electron chi connectivity index (χ1n) is 5.45. The summed E-state index contributed by atoms with van der Waals surface area (Å²) in [4.78, 5) is 2.19. The van der Waals surface area contributed by atoms with Crippen LogP contribution in [0.3, 0.4) is 0 Å². The van der Waals surface area contributed by atoms with Gasteiger partial charge in [-0.05, 0) is 31.2 Å². The van der Waals surface area contributed by atoms with Crippen molar-refractivity contribution in [1.82, 2.24) is 4.90 Å². The molecule has 0 aliphatic carbocycles. The van der Waals surface area contributed by atoms with Gasteiger partial charge in [0.1, 0.15) is 0 Å². The lowest BCUT2D eigenvalue weighted by atomic mass is 10.2. The molecule has 0 bridgehead atoms. The van der Waals surface area contributed by atoms with Gasteiger partial charge in [-0.25, -0.2) is 0 Å². The lowest BCUT2D eigenvalue weighted by Crippen LogP contribution is -2.20. The van der Waals surface area contributed by atoms with E-state index in [1.807, 2.05) is 19.2 Å². The molecule has 0 saturated carbocycles. The Morgan fingerprint density at radius 3 is 2.41 bits per heavy atom. The average molecular weight is 277 g/mol. The molecule has 0 amide bonds. The quantitative estimate of drug-likeness (QED) is 0.641. The molecule has 0 aliphatic rings. The molecule has 0 aliphatic heterocycles. The maximum Gasteiger partial charge on any atom is 0.0693 e. The molecular weight excluding hydrogens is 259 g/mol. The Labute approximate surface area is 112 Å². The standard InChI is InChI=1S/C12H18Cl2N2O/c1-16(4-3-5-17-2)8-9-6-10(13)12(15)11(14)7-9/h6-7H,3-5,8,15H2,1-2H3. The molecule has 3 nitrogen and oxygen atoms in total. The second-order valence-electron chi connectivity index (χ2n) is 4.06. The Morgan fingerprint density at radius 1 is 1.29 bits per heavy atom. The summed E-state index contributed by atoms with van der Waals surface area (Å²) in [7, 11) is 3.76. The number of nitrogens with zero attached hydrogens (tertiary/aromatic N) is 1. The van der Waals surface area contributed by atoms with Crippen molar-refractivity contribution in [1.29, 1.82) is 0 Å². The zero-order chi connectivity index (χ0) is 12.8. The molecule has 0 saturated heterocycles. The van der Waals surface area contributed by atoms with Crippen LogP contribution in [0.4, 0.5) is 5.69 Å². The van der Waals surface area contributed by atoms with Gasteiger partial charge in [0.05, 0.1) is 15.7 Å². The number of nitrogens with two attached hydrogens (primary N) is 1. The SMILES string of the molecule is COCCCN(C)Cc1cc(Cl)c(N)c(Cl)c1. The minimum absolute atomic E-state index is 0.444. The van der Waals surface area contributed by atoms with Crippen molar-refractivity contribution in [2.75, 3.05) is 33.0 Å². The van der Waals surface area contributed by atoms with E-state index in [1.165, 1.54) is 0 Å². The highest BCUT2D eigenvalue weighted by atomic mass is 35.5. The van der Waals surface area contributed by atoms with E-state index in [0.29, 0.717) is 15.7 Å². The lowest BCUT2D eigenvalue weighted by Gasteiger charge is -2.17. The first-order valence-corrected chi connectivity index (χ1v) is 6.21. The predicted molar refractivity (Wildman–Crippen MR) is 73.7 cm³/mol. The van der Waals surface area contributed by atoms with Gasteiger partial charge in [0.2, 0.25) is 0 Å². The molecule has 0 aromatic heterocycles. The summed E-state index contributed by atoms with van der Waals surface area (Å²) in [6.45, 7) is 2.53. The predicted octanol–water partition coefficient (Wildman–Crippen LogP) is 3.04. The van der Waals surface area contributed by atoms with Gasteiger partial charge in [0.15, 0.2) is 0 Å². The summed E-state index contributed by atoms with van der Waals surface area (Å²) in [6, 6.07) is 3.71. The lowest BCUT2D eigenvalue weighted by molar-refractivity contribution is 0.178. The summed E-state index contributed by atoms with van der Waals surface area (Å²) in [5.41, 5.74) is 7.19. The highest BCUT2D eigenvalue weighted by Crippen LogP contribution is 2.29. The average Bonchev–Trinajstić information content (AvgIpc) is 2.26. The van der Waals surface area contributed by atoms with Gasteiger partial charge in [0.25, 0.3) is 0 Å². The number of benzene rings is 1. The molecule has 0 atom stereocenters. The molecule has 1 rings (SSSR count). The Morgan fingerprint density at radius 2 is 1.88 bits per heavy atom. The summed E-state index contributed by atoms with van der Waals surface area (Å²) in [5.74, 6) is 0. The number of ether oxygens (including phenoxy) is 1. The van der Waals surface area contributed by atoms with Crippen LogP contribution in [-0.4, -0.2) is 32.2 Å². The second-order valence-corrected chi connectivity index (χ2v) is 4.87. The van der Waals surface area contributed by atoms with Gasteiger partial charge in [0, 0.05) is 26.8 Å². The van der Waals surface area contributed by atoms with Gasteiger partial charge < -0.3 is 15.4 Å². The first kappa shape index (κ1) is 14.6. The zero-order valence-electron chi connectivity index (χ0n) is 10.2. The highest BCUT2D eigenvalue weighted by Gasteiger charge is 2.06. The van der Waals surface area contributed by atoms with Crippen LogP contribution in [0, 0.1) is 0 Å². The third-order valence-corrected chi connectivity index (χ3v) is 3.11. The van der Waals surface area contributed by atoms with Crippen LogP contribution in [0.15, 0.2) is 12.1 Å². The van der Waals surface area contributed by atoms with Crippen LogP contribution in [-0.2, 0) is 11.3 Å². The third kappa shape index (κ3) is 4.72. The summed E-state index contributed by atoms with van der Waals surface area (Å²) in [6.07, 6.45) is 1.00. The topological polar surface area (TPSA) is 38.5 Å². The number of methoxy groups -OCH3 is 1. The minimum atomic E-state index is 0.444. The van der Waals surface area contributed by atoms with Crippen molar-refractivity contribution in [2.24, 2.45) is 0 Å². The monoisotopic (exact) mass is 276 g/mol. The molecule has 1 aromatic carbocycles. The maximum atomic E-state index is 5.98. The van der Waals surface area contributed by atoms with E-state index in [9.17, 15) is 0 Å². The zero-order valence-corrected chi connectivity index (χ0v) is 11.7. The molecule has 5 heteroatoms. The fraction of sp³-hybridized carbons (Fsp3) is 0.500. The van der Waals surface area contributed by atoms with Gasteiger partial charge in [-0.1, -0.05) is 23.2 Å². The highest BCUT2D eigenvalue weighted by molar-refractivity contribution is 6.38. The number of rotatable bonds is 6. The van der Waals surface area contributed by atoms with E-state index in [4.69, 9.17) is 33.7 Å². The first-order chi connectivity index (χ1) is 8.04. The molecule has 0 heterocycles. The number of hydrogen-bond donors (Lipinski definition) is 1. The normalized spacial score (nSPS) is 11.1. The maximum absolute atomic E-state index is 5.98. The van der Waals surface area contributed by atoms with Gasteiger partial charge in [-0.15, -0.1) is 0 Å². The largest absolute Gasteiger partial charge is 0.396 e. The van der Waals surface area contributed by atoms with Crippen LogP contribution >= 0.6 is 23.2 Å². The molecule has 0 spiro atoms. The van der Waals surface area contributed by atoms with Crippen molar-refractivity contribution in [3.05, 3.63) is 27.7 Å². The summed E-state index contributed by atoms with van der Waals surface area (Å²) in [5, 5.41) is 1.02. The third-order valence-electron chi connectivity index (χ3n) is 2.48. The fourth-order valence-corrected chi connectivity index (χ4v) is 2.13. The van der Waals surface area contributed by atoms with E-state index < -0.39 is 0 Å². The molecule has 0 fully saturated rings. The van der Waals surface area contributed by atoms with Crippen LogP contribution < -0.4 is 5.73 Å². The van der Waals surface area contributed by atoms with E-state index in [2.05, 4.69) is 4.90 Å². The Balaban J connectivity index is 2.56. The van der Waals surface area contributed by atoms with Crippen LogP contribution in [0.25, 0.3) is 0 Å². The van der Waals surface area contributed by atoms with Crippen molar-refractivity contribution >= 4 is 28.9 Å². The van der Waals surface area contributed by atoms with Gasteiger partial charge >= 0.3 is 0 Å². The molecule has 1 aromatic rings. The van der Waals surface area contributed by atoms with Crippen molar-refractivity contribution < 1.29 is 4.74 Å². The molecule has 17 heavy (non-hydrogen) atoms. The molecular formula is C12H18Cl2N2O. The molecule has 96 valence electrons. The van der Waals surface area contributed by atoms with E-state index in [1.54, 1.807) is 7.11 Å². The van der Waals surface area contributed by atoms with Crippen LogP contribution in [0.2, 0.25) is 10.0 Å². The fourth-order valence-electron chi connectivity index (χ4n) is 1.60. The summed E-state index contributed by atoms with van der Waals surface area (Å²) >= 11 is 12.0. The number of halogens is 2. The number of anilines is 1. The van der Waals surface area contributed by atoms with E-state index >= 15 is 0 Å². The molecule has 0 radical (unpaired) electrons. The van der Waals surface area contributed by atoms with E-state index in [0.717, 1.165) is 31.7 Å². The van der Waals surface area contributed by atoms with Gasteiger partial charge in [-0.3, -0.25) is 0 Å². The smallest absolute Gasteiger partial charge is 0.0693 e. The Kier molecular flexibility index (Phi) is 6.06. The Hall–Kier alpha value is -0.480. The van der Waals surface area contributed by atoms with E-state index in [-0.39, 0.29) is 0 Å². The van der Waals surface area contributed by atoms with Crippen molar-refractivity contribution in [2.45, 2.75) is 13.0 Å².